The molecule has 0 saturated carbocycles. The van der Waals surface area contributed by atoms with E-state index in [1.54, 1.807) is 24.3 Å². The number of nitrogens with one attached hydrogen (secondary N) is 2. The van der Waals surface area contributed by atoms with Crippen LogP contribution in [0.15, 0.2) is 24.3 Å². The molecule has 1 aromatic rings. The lowest BCUT2D eigenvalue weighted by molar-refractivity contribution is -0.184. The zero-order valence-corrected chi connectivity index (χ0v) is 14.5. The number of rotatable bonds is 4. The Labute approximate surface area is 150 Å². The van der Waals surface area contributed by atoms with Crippen LogP contribution >= 0.6 is 12.4 Å². The highest BCUT2D eigenvalue weighted by Crippen LogP contribution is 2.20. The number of carbonyl (C=O) groups excluding carboxylic acids is 2. The van der Waals surface area contributed by atoms with Gasteiger partial charge in [0.25, 0.3) is 0 Å². The normalized spacial score (nSPS) is 15.2. The van der Waals surface area contributed by atoms with Gasteiger partial charge in [-0.1, -0.05) is 12.1 Å². The first-order chi connectivity index (χ1) is 11.3. The van der Waals surface area contributed by atoms with Crippen molar-refractivity contribution in [1.29, 1.82) is 0 Å². The minimum Gasteiger partial charge on any atom is -0.334 e. The zero-order chi connectivity index (χ0) is 17.7. The third kappa shape index (κ3) is 6.21. The van der Waals surface area contributed by atoms with Gasteiger partial charge in [-0.3, -0.25) is 9.59 Å². The topological polar surface area (TPSA) is 61.4 Å². The van der Waals surface area contributed by atoms with E-state index in [0.29, 0.717) is 16.2 Å². The van der Waals surface area contributed by atoms with E-state index < -0.39 is 12.1 Å². The summed E-state index contributed by atoms with van der Waals surface area (Å²) in [5.41, 5.74) is 1.03. The fourth-order valence-electron chi connectivity index (χ4n) is 2.64. The highest BCUT2D eigenvalue weighted by Gasteiger charge is 2.41. The Morgan fingerprint density at radius 1 is 1.28 bits per heavy atom. The molecule has 0 atom stereocenters. The van der Waals surface area contributed by atoms with E-state index in [1.807, 2.05) is 0 Å². The highest BCUT2D eigenvalue weighted by atomic mass is 35.5. The Morgan fingerprint density at radius 2 is 1.92 bits per heavy atom. The van der Waals surface area contributed by atoms with Crippen LogP contribution in [-0.2, 0) is 16.1 Å². The van der Waals surface area contributed by atoms with E-state index in [4.69, 9.17) is 0 Å². The first-order valence-corrected chi connectivity index (χ1v) is 7.70. The number of nitrogens with zero attached hydrogens (tertiary/aromatic N) is 1. The summed E-state index contributed by atoms with van der Waals surface area (Å²) in [7, 11) is 1.09. The Bertz CT molecular complexity index is 605. The van der Waals surface area contributed by atoms with Crippen molar-refractivity contribution >= 4 is 29.9 Å². The van der Waals surface area contributed by atoms with Gasteiger partial charge in [0.1, 0.15) is 0 Å². The molecule has 0 spiro atoms. The van der Waals surface area contributed by atoms with Crippen LogP contribution < -0.4 is 10.6 Å². The molecule has 0 unspecified atom stereocenters. The van der Waals surface area contributed by atoms with Gasteiger partial charge in [-0.05, 0) is 43.6 Å². The summed E-state index contributed by atoms with van der Waals surface area (Å²) in [6.07, 6.45) is -3.38. The molecule has 1 fully saturated rings. The van der Waals surface area contributed by atoms with Gasteiger partial charge in [0.2, 0.25) is 5.91 Å². The van der Waals surface area contributed by atoms with E-state index >= 15 is 0 Å². The molecule has 1 saturated heterocycles. The Morgan fingerprint density at radius 3 is 2.52 bits per heavy atom. The van der Waals surface area contributed by atoms with E-state index in [2.05, 4.69) is 10.6 Å². The van der Waals surface area contributed by atoms with Gasteiger partial charge >= 0.3 is 12.1 Å². The summed E-state index contributed by atoms with van der Waals surface area (Å²) >= 11 is 0. The molecular weight excluding hydrogens is 359 g/mol. The highest BCUT2D eigenvalue weighted by molar-refractivity contribution is 5.92. The lowest BCUT2D eigenvalue weighted by Gasteiger charge is -2.22. The van der Waals surface area contributed by atoms with Crippen molar-refractivity contribution in [2.45, 2.75) is 25.6 Å². The van der Waals surface area contributed by atoms with Crippen LogP contribution in [0.1, 0.15) is 18.4 Å². The zero-order valence-electron chi connectivity index (χ0n) is 13.7. The first-order valence-electron chi connectivity index (χ1n) is 7.70. The molecule has 0 radical (unpaired) electrons. The molecule has 1 aromatic carbocycles. The number of hydrogen-bond acceptors (Lipinski definition) is 3. The predicted octanol–water partition coefficient (Wildman–Crippen LogP) is 2.57. The van der Waals surface area contributed by atoms with Crippen molar-refractivity contribution in [3.05, 3.63) is 29.8 Å². The summed E-state index contributed by atoms with van der Waals surface area (Å²) < 4.78 is 37.2. The molecular formula is C16H21ClF3N3O2. The maximum absolute atomic E-state index is 12.4. The Hall–Kier alpha value is -1.80. The van der Waals surface area contributed by atoms with Gasteiger partial charge in [0.15, 0.2) is 0 Å². The largest absolute Gasteiger partial charge is 0.471 e. The lowest BCUT2D eigenvalue weighted by atomic mass is 9.97. The number of amides is 2. The number of piperidine rings is 1. The van der Waals surface area contributed by atoms with Crippen molar-refractivity contribution in [3.63, 3.8) is 0 Å². The van der Waals surface area contributed by atoms with Crippen molar-refractivity contribution in [3.8, 4) is 0 Å². The van der Waals surface area contributed by atoms with Crippen LogP contribution in [0.3, 0.4) is 0 Å². The number of anilines is 1. The molecule has 5 nitrogen and oxygen atoms in total. The van der Waals surface area contributed by atoms with Gasteiger partial charge in [-0.15, -0.1) is 12.4 Å². The summed E-state index contributed by atoms with van der Waals surface area (Å²) in [6, 6.07) is 6.51. The monoisotopic (exact) mass is 379 g/mol. The molecule has 1 aliphatic heterocycles. The van der Waals surface area contributed by atoms with Crippen LogP contribution in [-0.4, -0.2) is 43.0 Å². The van der Waals surface area contributed by atoms with Gasteiger partial charge in [0.05, 0.1) is 0 Å². The fraction of sp³-hybridized carbons (Fsp3) is 0.500. The SMILES string of the molecule is CN(Cc1cccc(NC(=O)C2CCNCC2)c1)C(=O)C(F)(F)F.Cl. The van der Waals surface area contributed by atoms with E-state index in [9.17, 15) is 22.8 Å². The maximum Gasteiger partial charge on any atom is 0.471 e. The van der Waals surface area contributed by atoms with E-state index in [-0.39, 0.29) is 30.8 Å². The molecule has 1 aliphatic rings. The van der Waals surface area contributed by atoms with Crippen LogP contribution in [0.4, 0.5) is 18.9 Å². The van der Waals surface area contributed by atoms with Gasteiger partial charge in [0, 0.05) is 25.2 Å². The lowest BCUT2D eigenvalue weighted by Crippen LogP contribution is -2.38. The predicted molar refractivity (Wildman–Crippen MR) is 90.4 cm³/mol. The third-order valence-electron chi connectivity index (χ3n) is 3.91. The second-order valence-electron chi connectivity index (χ2n) is 5.87. The van der Waals surface area contributed by atoms with Gasteiger partial charge in [-0.25, -0.2) is 0 Å². The summed E-state index contributed by atoms with van der Waals surface area (Å²) in [4.78, 5) is 24.0. The molecule has 140 valence electrons. The Kier molecular flexibility index (Phi) is 7.69. The van der Waals surface area contributed by atoms with Crippen molar-refractivity contribution in [2.75, 3.05) is 25.5 Å². The minimum atomic E-state index is -4.89. The molecule has 9 heteroatoms. The van der Waals surface area contributed by atoms with Crippen LogP contribution in [0, 0.1) is 5.92 Å². The minimum absolute atomic E-state index is 0. The fourth-order valence-corrected chi connectivity index (χ4v) is 2.64. The molecule has 2 amide bonds. The Balaban J connectivity index is 0.00000312. The quantitative estimate of drug-likeness (QED) is 0.845. The van der Waals surface area contributed by atoms with Crippen molar-refractivity contribution in [1.82, 2.24) is 10.2 Å². The standard InChI is InChI=1S/C16H20F3N3O2.ClH/c1-22(15(24)16(17,18)19)10-11-3-2-4-13(9-11)21-14(23)12-5-7-20-8-6-12;/h2-4,9,12,20H,5-8,10H2,1H3,(H,21,23);1H. The smallest absolute Gasteiger partial charge is 0.334 e. The first kappa shape index (κ1) is 21.2. The second kappa shape index (κ2) is 9.05. The average Bonchev–Trinajstić information content (AvgIpc) is 2.54. The molecule has 0 aromatic heterocycles. The van der Waals surface area contributed by atoms with Gasteiger partial charge in [-0.2, -0.15) is 13.2 Å². The van der Waals surface area contributed by atoms with Gasteiger partial charge < -0.3 is 15.5 Å². The molecule has 0 aliphatic carbocycles. The maximum atomic E-state index is 12.4. The number of hydrogen-bond donors (Lipinski definition) is 2. The number of carbonyl (C=O) groups is 2. The van der Waals surface area contributed by atoms with Crippen molar-refractivity contribution < 1.29 is 22.8 Å². The number of alkyl halides is 3. The van der Waals surface area contributed by atoms with Crippen LogP contribution in [0.5, 0.6) is 0 Å². The van der Waals surface area contributed by atoms with Crippen LogP contribution in [0.2, 0.25) is 0 Å². The average molecular weight is 380 g/mol. The third-order valence-corrected chi connectivity index (χ3v) is 3.91. The summed E-state index contributed by atoms with van der Waals surface area (Å²) in [6.45, 7) is 1.40. The van der Waals surface area contributed by atoms with E-state index in [1.165, 1.54) is 0 Å². The number of benzene rings is 1. The summed E-state index contributed by atoms with van der Waals surface area (Å²) in [5.74, 6) is -2.05. The van der Waals surface area contributed by atoms with E-state index in [0.717, 1.165) is 33.0 Å². The van der Waals surface area contributed by atoms with Crippen LogP contribution in [0.25, 0.3) is 0 Å². The molecule has 1 heterocycles. The number of halogens is 4. The summed E-state index contributed by atoms with van der Waals surface area (Å²) in [5, 5.41) is 5.97. The molecule has 2 rings (SSSR count). The molecule has 0 bridgehead atoms. The molecule has 2 N–H and O–H groups in total. The van der Waals surface area contributed by atoms with Crippen molar-refractivity contribution in [2.24, 2.45) is 5.92 Å². The second-order valence-corrected chi connectivity index (χ2v) is 5.87. The molecule has 25 heavy (non-hydrogen) atoms.